The Morgan fingerprint density at radius 3 is 2.69 bits per heavy atom. The molecule has 0 radical (unpaired) electrons. The van der Waals surface area contributed by atoms with Crippen molar-refractivity contribution in [3.8, 4) is 5.88 Å². The van der Waals surface area contributed by atoms with E-state index in [0.29, 0.717) is 11.9 Å². The number of anilines is 1. The van der Waals surface area contributed by atoms with Gasteiger partial charge in [0.2, 0.25) is 15.9 Å². The Bertz CT molecular complexity index is 874. The van der Waals surface area contributed by atoms with Crippen molar-refractivity contribution >= 4 is 15.8 Å². The predicted molar refractivity (Wildman–Crippen MR) is 90.5 cm³/mol. The van der Waals surface area contributed by atoms with E-state index in [-0.39, 0.29) is 13.2 Å². The van der Waals surface area contributed by atoms with Crippen molar-refractivity contribution in [1.82, 2.24) is 14.7 Å². The van der Waals surface area contributed by atoms with Gasteiger partial charge in [0.05, 0.1) is 0 Å². The molecule has 1 saturated heterocycles. The van der Waals surface area contributed by atoms with Crippen LogP contribution in [0.2, 0.25) is 0 Å². The minimum Gasteiger partial charge on any atom is -0.476 e. The van der Waals surface area contributed by atoms with Crippen LogP contribution >= 0.6 is 0 Å². The molecule has 140 valence electrons. The van der Waals surface area contributed by atoms with E-state index in [4.69, 9.17) is 4.74 Å². The summed E-state index contributed by atoms with van der Waals surface area (Å²) in [6, 6.07) is 3.93. The lowest BCUT2D eigenvalue weighted by atomic mass is 10.3. The normalized spacial score (nSPS) is 14.6. The molecule has 1 fully saturated rings. The highest BCUT2D eigenvalue weighted by Gasteiger charge is 2.19. The number of sulfonamides is 1. The van der Waals surface area contributed by atoms with Crippen LogP contribution in [0.5, 0.6) is 5.88 Å². The largest absolute Gasteiger partial charge is 0.476 e. The molecule has 26 heavy (non-hydrogen) atoms. The number of hydrogen-bond donors (Lipinski definition) is 1. The molecule has 2 heterocycles. The Kier molecular flexibility index (Phi) is 5.62. The third-order valence-corrected chi connectivity index (χ3v) is 5.36. The van der Waals surface area contributed by atoms with E-state index in [1.807, 2.05) is 0 Å². The van der Waals surface area contributed by atoms with Crippen LogP contribution in [0.25, 0.3) is 0 Å². The van der Waals surface area contributed by atoms with Crippen LogP contribution in [0, 0.1) is 11.6 Å². The van der Waals surface area contributed by atoms with Gasteiger partial charge in [0.15, 0.2) is 0 Å². The molecule has 0 atom stereocenters. The summed E-state index contributed by atoms with van der Waals surface area (Å²) in [6.07, 6.45) is 3.60. The smallest absolute Gasteiger partial charge is 0.243 e. The zero-order valence-electron chi connectivity index (χ0n) is 13.9. The van der Waals surface area contributed by atoms with Crippen molar-refractivity contribution in [2.45, 2.75) is 17.7 Å². The molecule has 0 aliphatic carbocycles. The molecular weight excluding hydrogens is 366 g/mol. The van der Waals surface area contributed by atoms with Gasteiger partial charge in [-0.25, -0.2) is 31.9 Å². The van der Waals surface area contributed by atoms with Crippen molar-refractivity contribution in [1.29, 1.82) is 0 Å². The maximum Gasteiger partial charge on any atom is 0.243 e. The van der Waals surface area contributed by atoms with E-state index < -0.39 is 26.6 Å². The van der Waals surface area contributed by atoms with Gasteiger partial charge >= 0.3 is 0 Å². The number of hydrogen-bond acceptors (Lipinski definition) is 6. The number of nitrogens with zero attached hydrogens (tertiary/aromatic N) is 3. The lowest BCUT2D eigenvalue weighted by molar-refractivity contribution is 0.310. The van der Waals surface area contributed by atoms with E-state index in [1.165, 1.54) is 6.33 Å². The molecule has 1 aromatic carbocycles. The van der Waals surface area contributed by atoms with Gasteiger partial charge in [0, 0.05) is 25.7 Å². The summed E-state index contributed by atoms with van der Waals surface area (Å²) in [6.45, 7) is 1.71. The minimum absolute atomic E-state index is 0.0212. The summed E-state index contributed by atoms with van der Waals surface area (Å²) in [5.74, 6) is -0.780. The summed E-state index contributed by atoms with van der Waals surface area (Å²) in [5.41, 5.74) is 0. The molecule has 0 amide bonds. The monoisotopic (exact) mass is 384 g/mol. The molecule has 10 heteroatoms. The van der Waals surface area contributed by atoms with Gasteiger partial charge in [-0.1, -0.05) is 0 Å². The molecule has 0 unspecified atom stereocenters. The fraction of sp³-hybridized carbons (Fsp3) is 0.375. The van der Waals surface area contributed by atoms with Crippen LogP contribution in [0.4, 0.5) is 14.6 Å². The second-order valence-corrected chi connectivity index (χ2v) is 7.46. The zero-order chi connectivity index (χ0) is 18.6. The maximum atomic E-state index is 13.6. The quantitative estimate of drug-likeness (QED) is 0.732. The molecule has 1 aliphatic heterocycles. The Morgan fingerprint density at radius 2 is 1.92 bits per heavy atom. The lowest BCUT2D eigenvalue weighted by Gasteiger charge is -2.16. The maximum absolute atomic E-state index is 13.6. The molecule has 7 nitrogen and oxygen atoms in total. The SMILES string of the molecule is O=S(=O)(NCCOc1cc(N2CCCC2)ncn1)c1cc(F)ccc1F. The Balaban J connectivity index is 1.55. The van der Waals surface area contributed by atoms with Crippen molar-refractivity contribution in [2.24, 2.45) is 0 Å². The molecule has 0 bridgehead atoms. The average molecular weight is 384 g/mol. The van der Waals surface area contributed by atoms with Crippen LogP contribution in [0.15, 0.2) is 35.5 Å². The summed E-state index contributed by atoms with van der Waals surface area (Å²) in [5, 5.41) is 0. The lowest BCUT2D eigenvalue weighted by Crippen LogP contribution is -2.29. The summed E-state index contributed by atoms with van der Waals surface area (Å²) >= 11 is 0. The number of aromatic nitrogens is 2. The number of nitrogens with one attached hydrogen (secondary N) is 1. The number of halogens is 2. The molecule has 2 aromatic rings. The minimum atomic E-state index is -4.18. The second kappa shape index (κ2) is 7.92. The highest BCUT2D eigenvalue weighted by molar-refractivity contribution is 7.89. The van der Waals surface area contributed by atoms with E-state index in [9.17, 15) is 17.2 Å². The Labute approximate surface area is 150 Å². The third kappa shape index (κ3) is 4.44. The van der Waals surface area contributed by atoms with Gasteiger partial charge < -0.3 is 9.64 Å². The highest BCUT2D eigenvalue weighted by atomic mass is 32.2. The van der Waals surface area contributed by atoms with Crippen molar-refractivity contribution < 1.29 is 21.9 Å². The van der Waals surface area contributed by atoms with Crippen LogP contribution in [0.3, 0.4) is 0 Å². The number of rotatable bonds is 7. The summed E-state index contributed by atoms with van der Waals surface area (Å²) < 4.78 is 58.4. The Morgan fingerprint density at radius 1 is 1.15 bits per heavy atom. The van der Waals surface area contributed by atoms with Crippen LogP contribution < -0.4 is 14.4 Å². The van der Waals surface area contributed by atoms with Crippen LogP contribution in [-0.2, 0) is 10.0 Å². The van der Waals surface area contributed by atoms with Crippen molar-refractivity contribution in [3.63, 3.8) is 0 Å². The molecule has 3 rings (SSSR count). The number of benzene rings is 1. The second-order valence-electron chi connectivity index (χ2n) is 5.73. The van der Waals surface area contributed by atoms with E-state index in [2.05, 4.69) is 19.6 Å². The molecule has 0 saturated carbocycles. The fourth-order valence-corrected chi connectivity index (χ4v) is 3.72. The first-order chi connectivity index (χ1) is 12.5. The van der Waals surface area contributed by atoms with Crippen LogP contribution in [-0.4, -0.2) is 44.6 Å². The molecule has 0 spiro atoms. The Hall–Kier alpha value is -2.33. The van der Waals surface area contributed by atoms with Gasteiger partial charge in [0.25, 0.3) is 0 Å². The van der Waals surface area contributed by atoms with Crippen molar-refractivity contribution in [2.75, 3.05) is 31.1 Å². The first-order valence-electron chi connectivity index (χ1n) is 8.10. The van der Waals surface area contributed by atoms with E-state index in [0.717, 1.165) is 43.9 Å². The molecule has 1 aliphatic rings. The highest BCUT2D eigenvalue weighted by Crippen LogP contribution is 2.20. The third-order valence-electron chi connectivity index (χ3n) is 3.88. The first-order valence-corrected chi connectivity index (χ1v) is 9.58. The first kappa shape index (κ1) is 18.5. The molecular formula is C16H18F2N4O3S. The number of ether oxygens (including phenoxy) is 1. The van der Waals surface area contributed by atoms with Gasteiger partial charge in [-0.15, -0.1) is 0 Å². The predicted octanol–water partition coefficient (Wildman–Crippen LogP) is 1.71. The topological polar surface area (TPSA) is 84.4 Å². The van der Waals surface area contributed by atoms with Crippen LogP contribution in [0.1, 0.15) is 12.8 Å². The molecule has 1 aromatic heterocycles. The zero-order valence-corrected chi connectivity index (χ0v) is 14.7. The van der Waals surface area contributed by atoms with Crippen molar-refractivity contribution in [3.05, 3.63) is 42.2 Å². The van der Waals surface area contributed by atoms with Gasteiger partial charge in [-0.3, -0.25) is 0 Å². The summed E-state index contributed by atoms with van der Waals surface area (Å²) in [7, 11) is -4.18. The van der Waals surface area contributed by atoms with Gasteiger partial charge in [-0.2, -0.15) is 0 Å². The van der Waals surface area contributed by atoms with Gasteiger partial charge in [-0.05, 0) is 31.0 Å². The standard InChI is InChI=1S/C16H18F2N4O3S/c17-12-3-4-13(18)14(9-12)26(23,24)21-5-8-25-16-10-15(19-11-20-16)22-6-1-2-7-22/h3-4,9-11,21H,1-2,5-8H2. The fourth-order valence-electron chi connectivity index (χ4n) is 2.62. The van der Waals surface area contributed by atoms with Gasteiger partial charge in [0.1, 0.15) is 35.3 Å². The average Bonchev–Trinajstić information content (AvgIpc) is 3.16. The van der Waals surface area contributed by atoms with E-state index >= 15 is 0 Å². The van der Waals surface area contributed by atoms with E-state index in [1.54, 1.807) is 6.07 Å². The summed E-state index contributed by atoms with van der Waals surface area (Å²) in [4.78, 5) is 9.55. The molecule has 1 N–H and O–H groups in total.